The average Bonchev–Trinajstić information content (AvgIpc) is 3.62. The second-order valence-electron chi connectivity index (χ2n) is 8.28. The van der Waals surface area contributed by atoms with Crippen molar-refractivity contribution in [1.29, 1.82) is 0 Å². The summed E-state index contributed by atoms with van der Waals surface area (Å²) in [5, 5.41) is 7.09. The van der Waals surface area contributed by atoms with Gasteiger partial charge in [-0.3, -0.25) is 9.89 Å². The molecule has 4 rings (SSSR count). The number of ether oxygens (including phenoxy) is 2. The lowest BCUT2D eigenvalue weighted by Crippen LogP contribution is -2.46. The third-order valence-corrected chi connectivity index (χ3v) is 6.36. The van der Waals surface area contributed by atoms with E-state index < -0.39 is 0 Å². The number of rotatable bonds is 8. The number of hydrogen-bond acceptors (Lipinski definition) is 4. The number of benzene rings is 2. The van der Waals surface area contributed by atoms with Crippen LogP contribution >= 0.6 is 24.0 Å². The number of nitrogens with one attached hydrogen (secondary N) is 2. The van der Waals surface area contributed by atoms with Crippen LogP contribution in [0.3, 0.4) is 0 Å². The Balaban J connectivity index is 0.00000289. The summed E-state index contributed by atoms with van der Waals surface area (Å²) >= 11 is 0. The van der Waals surface area contributed by atoms with Gasteiger partial charge in [0, 0.05) is 33.2 Å². The van der Waals surface area contributed by atoms with Crippen molar-refractivity contribution in [2.75, 3.05) is 53.6 Å². The van der Waals surface area contributed by atoms with Crippen molar-refractivity contribution in [3.63, 3.8) is 0 Å². The predicted octanol–water partition coefficient (Wildman–Crippen LogP) is 3.66. The minimum Gasteiger partial charge on any atom is -0.497 e. The van der Waals surface area contributed by atoms with Gasteiger partial charge in [0.1, 0.15) is 5.75 Å². The Labute approximate surface area is 208 Å². The number of hydrogen-bond donors (Lipinski definition) is 2. The zero-order valence-corrected chi connectivity index (χ0v) is 21.3. The maximum atomic E-state index is 5.57. The van der Waals surface area contributed by atoms with Crippen LogP contribution in [0.25, 0.3) is 0 Å². The van der Waals surface area contributed by atoms with Crippen molar-refractivity contribution in [1.82, 2.24) is 15.5 Å². The third-order valence-electron chi connectivity index (χ3n) is 6.36. The highest BCUT2D eigenvalue weighted by Crippen LogP contribution is 2.46. The summed E-state index contributed by atoms with van der Waals surface area (Å²) in [6.07, 6.45) is 1.25. The molecule has 32 heavy (non-hydrogen) atoms. The van der Waals surface area contributed by atoms with Crippen molar-refractivity contribution in [3.8, 4) is 5.75 Å². The molecule has 1 saturated carbocycles. The summed E-state index contributed by atoms with van der Waals surface area (Å²) in [5.41, 5.74) is 2.72. The summed E-state index contributed by atoms with van der Waals surface area (Å²) in [6.45, 7) is 5.17. The lowest BCUT2D eigenvalue weighted by molar-refractivity contribution is 0.0170. The number of nitrogens with zero attached hydrogens (tertiary/aromatic N) is 2. The maximum absolute atomic E-state index is 5.57. The van der Waals surface area contributed by atoms with Crippen molar-refractivity contribution in [3.05, 3.63) is 65.7 Å². The van der Waals surface area contributed by atoms with Crippen LogP contribution in [0.15, 0.2) is 59.6 Å². The monoisotopic (exact) mass is 550 g/mol. The molecule has 7 heteroatoms. The molecule has 6 nitrogen and oxygen atoms in total. The smallest absolute Gasteiger partial charge is 0.191 e. The Morgan fingerprint density at radius 2 is 1.81 bits per heavy atom. The van der Waals surface area contributed by atoms with Gasteiger partial charge in [-0.15, -0.1) is 24.0 Å². The number of halogens is 1. The fraction of sp³-hybridized carbons (Fsp3) is 0.480. The number of morpholine rings is 1. The predicted molar refractivity (Wildman–Crippen MR) is 140 cm³/mol. The van der Waals surface area contributed by atoms with Gasteiger partial charge >= 0.3 is 0 Å². The van der Waals surface area contributed by atoms with E-state index in [9.17, 15) is 0 Å². The first-order valence-electron chi connectivity index (χ1n) is 11.2. The standard InChI is InChI=1S/C25H34N4O2.HI/c1-26-25(27-17-21-16-23(21)19-6-4-3-5-7-19)28-18-24(29-12-14-31-15-13-29)20-8-10-22(30-2)11-9-20;/h3-11,21,23-24H,12-18H2,1-2H3,(H2,26,27,28);1H. The molecule has 2 aromatic rings. The number of aliphatic imine (C=N–C) groups is 1. The lowest BCUT2D eigenvalue weighted by Gasteiger charge is -2.35. The number of methoxy groups -OCH3 is 1. The molecule has 3 unspecified atom stereocenters. The molecule has 0 aromatic heterocycles. The van der Waals surface area contributed by atoms with E-state index in [0.29, 0.717) is 11.8 Å². The first-order chi connectivity index (χ1) is 15.3. The molecule has 2 aromatic carbocycles. The highest BCUT2D eigenvalue weighted by atomic mass is 127. The second kappa shape index (κ2) is 12.4. The topological polar surface area (TPSA) is 58.1 Å². The number of guanidine groups is 1. The summed E-state index contributed by atoms with van der Waals surface area (Å²) in [7, 11) is 3.54. The van der Waals surface area contributed by atoms with Crippen LogP contribution in [-0.2, 0) is 4.74 Å². The largest absolute Gasteiger partial charge is 0.497 e. The molecule has 2 fully saturated rings. The van der Waals surface area contributed by atoms with E-state index in [1.807, 2.05) is 19.2 Å². The fourth-order valence-electron chi connectivity index (χ4n) is 4.40. The van der Waals surface area contributed by atoms with E-state index in [1.165, 1.54) is 17.5 Å². The van der Waals surface area contributed by atoms with E-state index in [0.717, 1.165) is 51.1 Å². The summed E-state index contributed by atoms with van der Waals surface area (Å²) in [6, 6.07) is 19.5. The molecule has 0 spiro atoms. The van der Waals surface area contributed by atoms with E-state index in [-0.39, 0.29) is 30.0 Å². The van der Waals surface area contributed by atoms with Gasteiger partial charge in [0.15, 0.2) is 5.96 Å². The molecule has 0 bridgehead atoms. The van der Waals surface area contributed by atoms with Crippen LogP contribution in [0, 0.1) is 5.92 Å². The second-order valence-corrected chi connectivity index (χ2v) is 8.28. The van der Waals surface area contributed by atoms with E-state index in [4.69, 9.17) is 9.47 Å². The van der Waals surface area contributed by atoms with Crippen LogP contribution in [-0.4, -0.2) is 64.4 Å². The molecule has 2 aliphatic rings. The van der Waals surface area contributed by atoms with Gasteiger partial charge in [-0.25, -0.2) is 0 Å². The van der Waals surface area contributed by atoms with Crippen molar-refractivity contribution < 1.29 is 9.47 Å². The van der Waals surface area contributed by atoms with Crippen molar-refractivity contribution in [2.24, 2.45) is 10.9 Å². The molecule has 2 N–H and O–H groups in total. The quantitative estimate of drug-likeness (QED) is 0.299. The van der Waals surface area contributed by atoms with Gasteiger partial charge in [0.05, 0.1) is 26.4 Å². The normalized spacial score (nSPS) is 21.9. The molecule has 174 valence electrons. The fourth-order valence-corrected chi connectivity index (χ4v) is 4.40. The molecule has 0 amide bonds. The van der Waals surface area contributed by atoms with Gasteiger partial charge < -0.3 is 20.1 Å². The molecule has 0 radical (unpaired) electrons. The average molecular weight is 550 g/mol. The van der Waals surface area contributed by atoms with E-state index in [2.05, 4.69) is 63.0 Å². The third kappa shape index (κ3) is 6.59. The van der Waals surface area contributed by atoms with Gasteiger partial charge in [-0.05, 0) is 41.5 Å². The highest BCUT2D eigenvalue weighted by molar-refractivity contribution is 14.0. The van der Waals surface area contributed by atoms with Crippen molar-refractivity contribution in [2.45, 2.75) is 18.4 Å². The molecule has 1 aliphatic heterocycles. The van der Waals surface area contributed by atoms with Crippen LogP contribution < -0.4 is 15.4 Å². The maximum Gasteiger partial charge on any atom is 0.191 e. The van der Waals surface area contributed by atoms with Crippen LogP contribution in [0.1, 0.15) is 29.5 Å². The lowest BCUT2D eigenvalue weighted by atomic mass is 10.0. The highest BCUT2D eigenvalue weighted by Gasteiger charge is 2.37. The van der Waals surface area contributed by atoms with Gasteiger partial charge in [-0.1, -0.05) is 42.5 Å². The van der Waals surface area contributed by atoms with Gasteiger partial charge in [0.2, 0.25) is 0 Å². The Morgan fingerprint density at radius 1 is 1.09 bits per heavy atom. The molecule has 1 aliphatic carbocycles. The Kier molecular flexibility index (Phi) is 9.62. The molecule has 1 heterocycles. The zero-order chi connectivity index (χ0) is 21.5. The van der Waals surface area contributed by atoms with E-state index in [1.54, 1.807) is 7.11 Å². The SMILES string of the molecule is CN=C(NCC1CC1c1ccccc1)NCC(c1ccc(OC)cc1)N1CCOCC1.I. The first-order valence-corrected chi connectivity index (χ1v) is 11.2. The first kappa shape index (κ1) is 24.8. The molecular formula is C25H35IN4O2. The van der Waals surface area contributed by atoms with Crippen LogP contribution in [0.4, 0.5) is 0 Å². The molecule has 3 atom stereocenters. The van der Waals surface area contributed by atoms with Crippen molar-refractivity contribution >= 4 is 29.9 Å². The van der Waals surface area contributed by atoms with E-state index >= 15 is 0 Å². The summed E-state index contributed by atoms with van der Waals surface area (Å²) in [4.78, 5) is 6.94. The Morgan fingerprint density at radius 3 is 2.47 bits per heavy atom. The van der Waals surface area contributed by atoms with Gasteiger partial charge in [0.25, 0.3) is 0 Å². The summed E-state index contributed by atoms with van der Waals surface area (Å²) in [5.74, 6) is 3.10. The summed E-state index contributed by atoms with van der Waals surface area (Å²) < 4.78 is 10.9. The zero-order valence-electron chi connectivity index (χ0n) is 19.0. The molecule has 1 saturated heterocycles. The van der Waals surface area contributed by atoms with Crippen LogP contribution in [0.5, 0.6) is 5.75 Å². The minimum atomic E-state index is 0. The molecular weight excluding hydrogens is 515 g/mol. The minimum absolute atomic E-state index is 0. The van der Waals surface area contributed by atoms with Gasteiger partial charge in [-0.2, -0.15) is 0 Å². The Hall–Kier alpha value is -1.84. The Bertz CT molecular complexity index is 841. The van der Waals surface area contributed by atoms with Crippen LogP contribution in [0.2, 0.25) is 0 Å².